The van der Waals surface area contributed by atoms with Gasteiger partial charge in [-0.05, 0) is 20.3 Å². The number of hydrazine groups is 1. The minimum Gasteiger partial charge on any atom is -0.463 e. The highest BCUT2D eigenvalue weighted by atomic mass is 16.5. The third-order valence-corrected chi connectivity index (χ3v) is 2.54. The second-order valence-electron chi connectivity index (χ2n) is 4.80. The van der Waals surface area contributed by atoms with Crippen molar-refractivity contribution in [2.24, 2.45) is 5.84 Å². The van der Waals surface area contributed by atoms with E-state index in [1.165, 1.54) is 19.3 Å². The number of rotatable bonds is 10. The zero-order valence-electron chi connectivity index (χ0n) is 12.6. The highest BCUT2D eigenvalue weighted by Gasteiger charge is 2.09. The molecule has 0 aliphatic heterocycles. The van der Waals surface area contributed by atoms with Crippen molar-refractivity contribution in [2.75, 3.05) is 12.0 Å². The number of nitrogen functional groups attached to an aromatic ring is 1. The highest BCUT2D eigenvalue weighted by molar-refractivity contribution is 5.25. The van der Waals surface area contributed by atoms with Gasteiger partial charge in [-0.15, -0.1) is 4.98 Å². The summed E-state index contributed by atoms with van der Waals surface area (Å²) in [6.45, 7) is 6.57. The van der Waals surface area contributed by atoms with Gasteiger partial charge < -0.3 is 9.47 Å². The van der Waals surface area contributed by atoms with E-state index in [9.17, 15) is 0 Å². The number of anilines is 1. The van der Waals surface area contributed by atoms with Gasteiger partial charge >= 0.3 is 12.0 Å². The monoisotopic (exact) mass is 283 g/mol. The molecule has 20 heavy (non-hydrogen) atoms. The Morgan fingerprint density at radius 1 is 1.05 bits per heavy atom. The molecule has 0 radical (unpaired) electrons. The summed E-state index contributed by atoms with van der Waals surface area (Å²) in [5.41, 5.74) is 2.38. The quantitative estimate of drug-likeness (QED) is 0.386. The minimum atomic E-state index is -0.0232. The van der Waals surface area contributed by atoms with Crippen LogP contribution in [-0.4, -0.2) is 27.7 Å². The lowest BCUT2D eigenvalue weighted by atomic mass is 10.2. The Kier molecular flexibility index (Phi) is 7.64. The van der Waals surface area contributed by atoms with Crippen molar-refractivity contribution in [2.45, 2.75) is 59.0 Å². The maximum absolute atomic E-state index is 5.51. The van der Waals surface area contributed by atoms with Crippen molar-refractivity contribution in [1.82, 2.24) is 15.0 Å². The molecule has 0 saturated heterocycles. The first-order valence-electron chi connectivity index (χ1n) is 7.17. The average molecular weight is 283 g/mol. The zero-order valence-corrected chi connectivity index (χ0v) is 12.6. The van der Waals surface area contributed by atoms with Crippen LogP contribution in [0.5, 0.6) is 12.0 Å². The molecule has 0 aliphatic carbocycles. The first-order valence-corrected chi connectivity index (χ1v) is 7.17. The van der Waals surface area contributed by atoms with Crippen molar-refractivity contribution in [3.8, 4) is 12.0 Å². The molecule has 3 N–H and O–H groups in total. The Labute approximate surface area is 120 Å². The van der Waals surface area contributed by atoms with Gasteiger partial charge in [0.25, 0.3) is 0 Å². The Bertz CT molecular complexity index is 387. The number of aromatic nitrogens is 3. The molecular formula is C13H25N5O2. The third-order valence-electron chi connectivity index (χ3n) is 2.54. The summed E-state index contributed by atoms with van der Waals surface area (Å²) in [5.74, 6) is 5.55. The van der Waals surface area contributed by atoms with Crippen LogP contribution in [0.3, 0.4) is 0 Å². The van der Waals surface area contributed by atoms with E-state index in [2.05, 4.69) is 27.3 Å². The molecule has 0 aromatic carbocycles. The second-order valence-corrected chi connectivity index (χ2v) is 4.80. The molecule has 0 bridgehead atoms. The van der Waals surface area contributed by atoms with Gasteiger partial charge in [-0.25, -0.2) is 5.84 Å². The van der Waals surface area contributed by atoms with Crippen LogP contribution in [0, 0.1) is 0 Å². The SMILES string of the molecule is CCCCCCCOc1nc(NN)nc(OC(C)C)n1. The maximum atomic E-state index is 5.51. The van der Waals surface area contributed by atoms with E-state index in [1.54, 1.807) is 0 Å². The molecule has 0 unspecified atom stereocenters. The molecule has 0 amide bonds. The summed E-state index contributed by atoms with van der Waals surface area (Å²) in [7, 11) is 0. The first-order chi connectivity index (χ1) is 9.65. The van der Waals surface area contributed by atoms with Gasteiger partial charge in [-0.1, -0.05) is 32.6 Å². The van der Waals surface area contributed by atoms with E-state index in [0.717, 1.165) is 12.8 Å². The van der Waals surface area contributed by atoms with Crippen LogP contribution in [-0.2, 0) is 0 Å². The van der Waals surface area contributed by atoms with E-state index >= 15 is 0 Å². The Balaban J connectivity index is 2.47. The van der Waals surface area contributed by atoms with Gasteiger partial charge in [-0.2, -0.15) is 9.97 Å². The van der Waals surface area contributed by atoms with Crippen molar-refractivity contribution in [1.29, 1.82) is 0 Å². The summed E-state index contributed by atoms with van der Waals surface area (Å²) in [6, 6.07) is 0.447. The number of hydrogen-bond acceptors (Lipinski definition) is 7. The fraction of sp³-hybridized carbons (Fsp3) is 0.769. The summed E-state index contributed by atoms with van der Waals surface area (Å²) in [4.78, 5) is 12.1. The lowest BCUT2D eigenvalue weighted by Crippen LogP contribution is -2.15. The lowest BCUT2D eigenvalue weighted by Gasteiger charge is -2.10. The van der Waals surface area contributed by atoms with E-state index < -0.39 is 0 Å². The Hall–Kier alpha value is -1.63. The zero-order chi connectivity index (χ0) is 14.8. The van der Waals surface area contributed by atoms with Gasteiger partial charge in [0.2, 0.25) is 5.95 Å². The van der Waals surface area contributed by atoms with Crippen molar-refractivity contribution >= 4 is 5.95 Å². The Morgan fingerprint density at radius 2 is 1.75 bits per heavy atom. The highest BCUT2D eigenvalue weighted by Crippen LogP contribution is 2.14. The van der Waals surface area contributed by atoms with Gasteiger partial charge in [-0.3, -0.25) is 5.43 Å². The van der Waals surface area contributed by atoms with Crippen LogP contribution in [0.25, 0.3) is 0 Å². The molecule has 1 aromatic heterocycles. The first kappa shape index (κ1) is 16.4. The molecule has 0 aliphatic rings. The van der Waals surface area contributed by atoms with Crippen LogP contribution < -0.4 is 20.7 Å². The summed E-state index contributed by atoms with van der Waals surface area (Å²) < 4.78 is 10.9. The van der Waals surface area contributed by atoms with Crippen LogP contribution in [0.1, 0.15) is 52.9 Å². The molecule has 0 spiro atoms. The second kappa shape index (κ2) is 9.30. The normalized spacial score (nSPS) is 10.7. The molecule has 1 heterocycles. The fourth-order valence-corrected chi connectivity index (χ4v) is 1.60. The van der Waals surface area contributed by atoms with Gasteiger partial charge in [0, 0.05) is 0 Å². The predicted molar refractivity (Wildman–Crippen MR) is 77.7 cm³/mol. The molecule has 0 saturated carbocycles. The molecule has 7 heteroatoms. The van der Waals surface area contributed by atoms with Crippen molar-refractivity contribution in [3.63, 3.8) is 0 Å². The van der Waals surface area contributed by atoms with Crippen LogP contribution in [0.15, 0.2) is 0 Å². The summed E-state index contributed by atoms with van der Waals surface area (Å²) in [6.07, 6.45) is 5.84. The number of nitrogens with two attached hydrogens (primary N) is 1. The van der Waals surface area contributed by atoms with E-state index in [0.29, 0.717) is 6.61 Å². The van der Waals surface area contributed by atoms with Crippen molar-refractivity contribution < 1.29 is 9.47 Å². The standard InChI is InChI=1S/C13H25N5O2/c1-4-5-6-7-8-9-19-12-15-11(18-14)16-13(17-12)20-10(2)3/h10H,4-9,14H2,1-3H3,(H,15,16,17,18). The predicted octanol–water partition coefficient (Wildman–Crippen LogP) is 2.29. The van der Waals surface area contributed by atoms with E-state index in [1.807, 2.05) is 13.8 Å². The summed E-state index contributed by atoms with van der Waals surface area (Å²) in [5, 5.41) is 0. The lowest BCUT2D eigenvalue weighted by molar-refractivity contribution is 0.212. The summed E-state index contributed by atoms with van der Waals surface area (Å²) >= 11 is 0. The van der Waals surface area contributed by atoms with Gasteiger partial charge in [0.15, 0.2) is 0 Å². The third kappa shape index (κ3) is 6.51. The molecule has 0 atom stereocenters. The minimum absolute atomic E-state index is 0.0232. The van der Waals surface area contributed by atoms with Crippen LogP contribution >= 0.6 is 0 Å². The van der Waals surface area contributed by atoms with Crippen LogP contribution in [0.2, 0.25) is 0 Å². The number of nitrogens with zero attached hydrogens (tertiary/aromatic N) is 3. The number of hydrogen-bond donors (Lipinski definition) is 2. The van der Waals surface area contributed by atoms with E-state index in [4.69, 9.17) is 15.3 Å². The maximum Gasteiger partial charge on any atom is 0.324 e. The number of unbranched alkanes of at least 4 members (excludes halogenated alkanes) is 4. The largest absolute Gasteiger partial charge is 0.463 e. The van der Waals surface area contributed by atoms with Gasteiger partial charge in [0.1, 0.15) is 0 Å². The fourth-order valence-electron chi connectivity index (χ4n) is 1.60. The molecule has 1 rings (SSSR count). The number of nitrogens with one attached hydrogen (secondary N) is 1. The van der Waals surface area contributed by atoms with Gasteiger partial charge in [0.05, 0.1) is 12.7 Å². The molecular weight excluding hydrogens is 258 g/mol. The Morgan fingerprint density at radius 3 is 2.40 bits per heavy atom. The number of ether oxygens (including phenoxy) is 2. The van der Waals surface area contributed by atoms with Crippen LogP contribution in [0.4, 0.5) is 5.95 Å². The average Bonchev–Trinajstić information content (AvgIpc) is 2.41. The molecule has 114 valence electrons. The van der Waals surface area contributed by atoms with Crippen molar-refractivity contribution in [3.05, 3.63) is 0 Å². The van der Waals surface area contributed by atoms with E-state index in [-0.39, 0.29) is 24.1 Å². The molecule has 0 fully saturated rings. The smallest absolute Gasteiger partial charge is 0.324 e. The molecule has 7 nitrogen and oxygen atoms in total. The molecule has 1 aromatic rings. The topological polar surface area (TPSA) is 95.2 Å².